The molecule has 1 aromatic carbocycles. The van der Waals surface area contributed by atoms with Crippen molar-refractivity contribution in [1.82, 2.24) is 5.32 Å². The van der Waals surface area contributed by atoms with Gasteiger partial charge in [0.2, 0.25) is 0 Å². The Bertz CT molecular complexity index is 401. The Morgan fingerprint density at radius 3 is 2.35 bits per heavy atom. The molecular formula is C16H25NO3. The molecule has 20 heavy (non-hydrogen) atoms. The van der Waals surface area contributed by atoms with Crippen LogP contribution in [0.15, 0.2) is 24.3 Å². The van der Waals surface area contributed by atoms with Gasteiger partial charge in [-0.3, -0.25) is 0 Å². The minimum atomic E-state index is -0.533. The standard InChI is InChI=1S/C16H25NO3/c1-5-15(16(18)19-6-2)20-14-9-7-13(8-10-14)11-17-12(3)4/h7-10,12,15,17H,5-6,11H2,1-4H3. The highest BCUT2D eigenvalue weighted by atomic mass is 16.6. The summed E-state index contributed by atoms with van der Waals surface area (Å²) in [5.74, 6) is 0.388. The van der Waals surface area contributed by atoms with E-state index in [4.69, 9.17) is 9.47 Å². The third-order valence-electron chi connectivity index (χ3n) is 2.84. The maximum absolute atomic E-state index is 11.7. The van der Waals surface area contributed by atoms with Crippen LogP contribution >= 0.6 is 0 Å². The van der Waals surface area contributed by atoms with E-state index < -0.39 is 6.10 Å². The lowest BCUT2D eigenvalue weighted by molar-refractivity contribution is -0.151. The fraction of sp³-hybridized carbons (Fsp3) is 0.562. The van der Waals surface area contributed by atoms with Crippen LogP contribution in [0.5, 0.6) is 5.75 Å². The molecule has 0 saturated carbocycles. The Labute approximate surface area is 121 Å². The van der Waals surface area contributed by atoms with Crippen molar-refractivity contribution < 1.29 is 14.3 Å². The summed E-state index contributed by atoms with van der Waals surface area (Å²) in [7, 11) is 0. The van der Waals surface area contributed by atoms with Gasteiger partial charge in [-0.25, -0.2) is 4.79 Å². The Kier molecular flexibility index (Phi) is 7.09. The van der Waals surface area contributed by atoms with E-state index in [1.54, 1.807) is 6.92 Å². The van der Waals surface area contributed by atoms with Crippen molar-refractivity contribution in [3.05, 3.63) is 29.8 Å². The minimum absolute atomic E-state index is 0.305. The summed E-state index contributed by atoms with van der Waals surface area (Å²) < 4.78 is 10.6. The first-order valence-electron chi connectivity index (χ1n) is 7.22. The van der Waals surface area contributed by atoms with Crippen LogP contribution < -0.4 is 10.1 Å². The lowest BCUT2D eigenvalue weighted by Crippen LogP contribution is -2.28. The summed E-state index contributed by atoms with van der Waals surface area (Å²) >= 11 is 0. The molecule has 0 aromatic heterocycles. The molecule has 1 rings (SSSR count). The monoisotopic (exact) mass is 279 g/mol. The van der Waals surface area contributed by atoms with Crippen LogP contribution in [0, 0.1) is 0 Å². The van der Waals surface area contributed by atoms with E-state index in [1.807, 2.05) is 31.2 Å². The summed E-state index contributed by atoms with van der Waals surface area (Å²) in [4.78, 5) is 11.7. The molecule has 112 valence electrons. The molecule has 0 heterocycles. The average molecular weight is 279 g/mol. The largest absolute Gasteiger partial charge is 0.479 e. The van der Waals surface area contributed by atoms with Gasteiger partial charge in [0.25, 0.3) is 0 Å². The molecule has 4 heteroatoms. The molecule has 0 spiro atoms. The zero-order chi connectivity index (χ0) is 15.0. The van der Waals surface area contributed by atoms with Crippen molar-refractivity contribution in [2.75, 3.05) is 6.61 Å². The lowest BCUT2D eigenvalue weighted by atomic mass is 10.2. The van der Waals surface area contributed by atoms with Crippen LogP contribution in [0.4, 0.5) is 0 Å². The quantitative estimate of drug-likeness (QED) is 0.743. The van der Waals surface area contributed by atoms with Crippen molar-refractivity contribution >= 4 is 5.97 Å². The van der Waals surface area contributed by atoms with Gasteiger partial charge in [-0.1, -0.05) is 32.9 Å². The van der Waals surface area contributed by atoms with Gasteiger partial charge in [-0.2, -0.15) is 0 Å². The molecular weight excluding hydrogens is 254 g/mol. The second-order valence-electron chi connectivity index (χ2n) is 4.95. The fourth-order valence-electron chi connectivity index (χ4n) is 1.71. The molecule has 0 aliphatic carbocycles. The maximum Gasteiger partial charge on any atom is 0.347 e. The Morgan fingerprint density at radius 1 is 1.20 bits per heavy atom. The van der Waals surface area contributed by atoms with Gasteiger partial charge in [0.15, 0.2) is 6.10 Å². The third kappa shape index (κ3) is 5.61. The van der Waals surface area contributed by atoms with E-state index in [0.29, 0.717) is 24.8 Å². The molecule has 0 amide bonds. The third-order valence-corrected chi connectivity index (χ3v) is 2.84. The van der Waals surface area contributed by atoms with Crippen LogP contribution in [0.2, 0.25) is 0 Å². The number of hydrogen-bond donors (Lipinski definition) is 1. The van der Waals surface area contributed by atoms with Crippen LogP contribution in [0.3, 0.4) is 0 Å². The summed E-state index contributed by atoms with van der Waals surface area (Å²) in [6.07, 6.45) is 0.0600. The molecule has 1 aromatic rings. The lowest BCUT2D eigenvalue weighted by Gasteiger charge is -2.16. The number of ether oxygens (including phenoxy) is 2. The number of hydrogen-bond acceptors (Lipinski definition) is 4. The van der Waals surface area contributed by atoms with Gasteiger partial charge < -0.3 is 14.8 Å². The molecule has 0 bridgehead atoms. The molecule has 0 aliphatic rings. The van der Waals surface area contributed by atoms with Crippen molar-refractivity contribution in [1.29, 1.82) is 0 Å². The van der Waals surface area contributed by atoms with Crippen LogP contribution in [-0.2, 0) is 16.1 Å². The van der Waals surface area contributed by atoms with E-state index in [2.05, 4.69) is 19.2 Å². The number of carbonyl (C=O) groups excluding carboxylic acids is 1. The second kappa shape index (κ2) is 8.59. The molecule has 0 fully saturated rings. The van der Waals surface area contributed by atoms with Crippen molar-refractivity contribution in [2.45, 2.75) is 52.8 Å². The van der Waals surface area contributed by atoms with Crippen LogP contribution in [0.25, 0.3) is 0 Å². The van der Waals surface area contributed by atoms with Crippen LogP contribution in [-0.4, -0.2) is 24.7 Å². The Hall–Kier alpha value is -1.55. The summed E-state index contributed by atoms with van der Waals surface area (Å²) in [5.41, 5.74) is 1.19. The van der Waals surface area contributed by atoms with Crippen molar-refractivity contribution in [3.8, 4) is 5.75 Å². The van der Waals surface area contributed by atoms with Gasteiger partial charge in [-0.05, 0) is 31.0 Å². The Morgan fingerprint density at radius 2 is 1.85 bits per heavy atom. The highest BCUT2D eigenvalue weighted by Gasteiger charge is 2.19. The van der Waals surface area contributed by atoms with E-state index >= 15 is 0 Å². The zero-order valence-corrected chi connectivity index (χ0v) is 12.8. The van der Waals surface area contributed by atoms with Gasteiger partial charge in [0, 0.05) is 12.6 Å². The van der Waals surface area contributed by atoms with Gasteiger partial charge in [0.1, 0.15) is 5.75 Å². The molecule has 0 saturated heterocycles. The highest BCUT2D eigenvalue weighted by molar-refractivity contribution is 5.75. The van der Waals surface area contributed by atoms with Crippen LogP contribution in [0.1, 0.15) is 39.7 Å². The fourth-order valence-corrected chi connectivity index (χ4v) is 1.71. The van der Waals surface area contributed by atoms with E-state index in [0.717, 1.165) is 6.54 Å². The summed E-state index contributed by atoms with van der Waals surface area (Å²) in [6.45, 7) is 9.13. The highest BCUT2D eigenvalue weighted by Crippen LogP contribution is 2.15. The number of rotatable bonds is 8. The molecule has 0 aliphatic heterocycles. The van der Waals surface area contributed by atoms with E-state index in [9.17, 15) is 4.79 Å². The minimum Gasteiger partial charge on any atom is -0.479 e. The predicted molar refractivity (Wildman–Crippen MR) is 79.8 cm³/mol. The second-order valence-corrected chi connectivity index (χ2v) is 4.95. The van der Waals surface area contributed by atoms with E-state index in [1.165, 1.54) is 5.56 Å². The first-order valence-corrected chi connectivity index (χ1v) is 7.22. The number of benzene rings is 1. The van der Waals surface area contributed by atoms with Crippen molar-refractivity contribution in [2.24, 2.45) is 0 Å². The number of nitrogens with one attached hydrogen (secondary N) is 1. The maximum atomic E-state index is 11.7. The van der Waals surface area contributed by atoms with Gasteiger partial charge >= 0.3 is 5.97 Å². The summed E-state index contributed by atoms with van der Waals surface area (Å²) in [5, 5.41) is 3.35. The number of carbonyl (C=O) groups is 1. The predicted octanol–water partition coefficient (Wildman–Crippen LogP) is 2.91. The van der Waals surface area contributed by atoms with Gasteiger partial charge in [0.05, 0.1) is 6.61 Å². The van der Waals surface area contributed by atoms with E-state index in [-0.39, 0.29) is 5.97 Å². The van der Waals surface area contributed by atoms with Gasteiger partial charge in [-0.15, -0.1) is 0 Å². The van der Waals surface area contributed by atoms with Crippen molar-refractivity contribution in [3.63, 3.8) is 0 Å². The normalized spacial score (nSPS) is 12.2. The topological polar surface area (TPSA) is 47.6 Å². The summed E-state index contributed by atoms with van der Waals surface area (Å²) in [6, 6.07) is 8.24. The molecule has 1 unspecified atom stereocenters. The average Bonchev–Trinajstić information content (AvgIpc) is 2.44. The molecule has 1 atom stereocenters. The first kappa shape index (κ1) is 16.5. The smallest absolute Gasteiger partial charge is 0.347 e. The molecule has 0 radical (unpaired) electrons. The first-order chi connectivity index (χ1) is 9.56. The Balaban J connectivity index is 2.57. The number of esters is 1. The molecule has 1 N–H and O–H groups in total. The zero-order valence-electron chi connectivity index (χ0n) is 12.8. The molecule has 4 nitrogen and oxygen atoms in total. The SMILES string of the molecule is CCOC(=O)C(CC)Oc1ccc(CNC(C)C)cc1.